The Bertz CT molecular complexity index is 483. The van der Waals surface area contributed by atoms with Crippen molar-refractivity contribution in [2.45, 2.75) is 12.0 Å². The molecular formula is C16H25Cl2N3O2. The lowest BCUT2D eigenvalue weighted by atomic mass is 9.95. The fourth-order valence-corrected chi connectivity index (χ4v) is 3.20. The molecule has 3 rings (SSSR count). The molecule has 2 heterocycles. The molecule has 0 spiro atoms. The topological polar surface area (TPSA) is 58.8 Å². The van der Waals surface area contributed by atoms with Gasteiger partial charge in [-0.25, -0.2) is 0 Å². The van der Waals surface area contributed by atoms with E-state index >= 15 is 0 Å². The Labute approximate surface area is 150 Å². The quantitative estimate of drug-likeness (QED) is 0.876. The number of nitrogens with zero attached hydrogens (tertiary/aromatic N) is 2. The largest absolute Gasteiger partial charge is 0.378 e. The number of benzene rings is 1. The lowest BCUT2D eigenvalue weighted by molar-refractivity contribution is -0.136. The molecule has 23 heavy (non-hydrogen) atoms. The summed E-state index contributed by atoms with van der Waals surface area (Å²) >= 11 is 0. The lowest BCUT2D eigenvalue weighted by Crippen LogP contribution is -2.45. The second-order valence-electron chi connectivity index (χ2n) is 5.87. The van der Waals surface area contributed by atoms with E-state index in [1.165, 1.54) is 5.56 Å². The van der Waals surface area contributed by atoms with Crippen molar-refractivity contribution in [3.05, 3.63) is 35.9 Å². The van der Waals surface area contributed by atoms with Crippen LogP contribution in [0.2, 0.25) is 0 Å². The smallest absolute Gasteiger partial charge is 0.236 e. The van der Waals surface area contributed by atoms with Crippen LogP contribution in [-0.2, 0) is 9.53 Å². The van der Waals surface area contributed by atoms with Gasteiger partial charge in [-0.1, -0.05) is 30.3 Å². The summed E-state index contributed by atoms with van der Waals surface area (Å²) in [5.41, 5.74) is 7.54. The van der Waals surface area contributed by atoms with E-state index < -0.39 is 0 Å². The average Bonchev–Trinajstić information content (AvgIpc) is 2.89. The number of ether oxygens (including phenoxy) is 1. The zero-order chi connectivity index (χ0) is 14.7. The zero-order valence-corrected chi connectivity index (χ0v) is 14.7. The summed E-state index contributed by atoms with van der Waals surface area (Å²) in [5.74, 6) is 0.517. The summed E-state index contributed by atoms with van der Waals surface area (Å²) in [6.07, 6.45) is 0. The molecule has 0 saturated carbocycles. The predicted molar refractivity (Wildman–Crippen MR) is 95.5 cm³/mol. The van der Waals surface area contributed by atoms with Crippen LogP contribution in [0.4, 0.5) is 0 Å². The van der Waals surface area contributed by atoms with Gasteiger partial charge in [0.15, 0.2) is 0 Å². The fourth-order valence-electron chi connectivity index (χ4n) is 3.20. The predicted octanol–water partition coefficient (Wildman–Crippen LogP) is 1.12. The van der Waals surface area contributed by atoms with Gasteiger partial charge in [0.25, 0.3) is 0 Å². The van der Waals surface area contributed by atoms with Gasteiger partial charge in [-0.05, 0) is 5.56 Å². The Morgan fingerprint density at radius 2 is 1.78 bits per heavy atom. The summed E-state index contributed by atoms with van der Waals surface area (Å²) in [5, 5.41) is 0. The first-order valence-corrected chi connectivity index (χ1v) is 7.62. The van der Waals surface area contributed by atoms with Crippen molar-refractivity contribution < 1.29 is 9.53 Å². The van der Waals surface area contributed by atoms with Crippen LogP contribution in [0.3, 0.4) is 0 Å². The maximum Gasteiger partial charge on any atom is 0.236 e. The molecule has 5 nitrogen and oxygen atoms in total. The normalized spacial score (nSPS) is 24.7. The molecule has 130 valence electrons. The van der Waals surface area contributed by atoms with Gasteiger partial charge >= 0.3 is 0 Å². The van der Waals surface area contributed by atoms with Crippen molar-refractivity contribution in [3.63, 3.8) is 0 Å². The number of hydrogen-bond acceptors (Lipinski definition) is 4. The van der Waals surface area contributed by atoms with Crippen LogP contribution in [0.25, 0.3) is 0 Å². The van der Waals surface area contributed by atoms with Crippen LogP contribution in [0.15, 0.2) is 30.3 Å². The van der Waals surface area contributed by atoms with Crippen LogP contribution in [-0.4, -0.2) is 67.7 Å². The summed E-state index contributed by atoms with van der Waals surface area (Å²) < 4.78 is 5.28. The van der Waals surface area contributed by atoms with E-state index in [0.29, 0.717) is 38.8 Å². The Kier molecular flexibility index (Phi) is 8.29. The van der Waals surface area contributed by atoms with Gasteiger partial charge in [-0.15, -0.1) is 24.8 Å². The first-order valence-electron chi connectivity index (χ1n) is 7.62. The highest BCUT2D eigenvalue weighted by atomic mass is 35.5. The van der Waals surface area contributed by atoms with Gasteiger partial charge < -0.3 is 15.4 Å². The van der Waals surface area contributed by atoms with Gasteiger partial charge in [0.05, 0.1) is 19.8 Å². The van der Waals surface area contributed by atoms with Gasteiger partial charge in [0.1, 0.15) is 0 Å². The van der Waals surface area contributed by atoms with Crippen LogP contribution >= 0.6 is 24.8 Å². The number of morpholine rings is 1. The molecule has 2 atom stereocenters. The average molecular weight is 362 g/mol. The molecular weight excluding hydrogens is 337 g/mol. The van der Waals surface area contributed by atoms with Crippen molar-refractivity contribution in [3.8, 4) is 0 Å². The van der Waals surface area contributed by atoms with Crippen molar-refractivity contribution in [2.24, 2.45) is 5.73 Å². The number of likely N-dealkylation sites (tertiary alicyclic amines) is 1. The Morgan fingerprint density at radius 1 is 1.13 bits per heavy atom. The third-order valence-corrected chi connectivity index (χ3v) is 4.39. The number of amides is 1. The van der Waals surface area contributed by atoms with Crippen LogP contribution in [0, 0.1) is 0 Å². The summed E-state index contributed by atoms with van der Waals surface area (Å²) in [7, 11) is 0. The second-order valence-corrected chi connectivity index (χ2v) is 5.87. The van der Waals surface area contributed by atoms with Crippen LogP contribution in [0.1, 0.15) is 11.5 Å². The van der Waals surface area contributed by atoms with E-state index in [0.717, 1.165) is 13.1 Å². The van der Waals surface area contributed by atoms with Crippen LogP contribution < -0.4 is 5.73 Å². The Hall–Kier alpha value is -0.850. The standard InChI is InChI=1S/C16H23N3O2.2ClH/c17-15-11-18(10-14(15)13-4-2-1-3-5-13)12-16(20)19-6-8-21-9-7-19;;/h1-5,14-15H,6-12,17H2;2*1H/t14-,15+;;/m1../s1. The molecule has 2 saturated heterocycles. The number of rotatable bonds is 3. The number of hydrogen-bond donors (Lipinski definition) is 1. The Balaban J connectivity index is 0.00000132. The third kappa shape index (κ3) is 5.06. The van der Waals surface area contributed by atoms with Gasteiger partial charge in [-0.2, -0.15) is 0 Å². The highest BCUT2D eigenvalue weighted by molar-refractivity contribution is 5.85. The second kappa shape index (κ2) is 9.45. The molecule has 1 aromatic carbocycles. The monoisotopic (exact) mass is 361 g/mol. The summed E-state index contributed by atoms with van der Waals surface area (Å²) in [4.78, 5) is 16.4. The molecule has 1 amide bonds. The lowest BCUT2D eigenvalue weighted by Gasteiger charge is -2.28. The van der Waals surface area contributed by atoms with Crippen LogP contribution in [0.5, 0.6) is 0 Å². The molecule has 1 aromatic rings. The molecule has 0 aromatic heterocycles. The highest BCUT2D eigenvalue weighted by Crippen LogP contribution is 2.26. The third-order valence-electron chi connectivity index (χ3n) is 4.39. The number of halogens is 2. The minimum absolute atomic E-state index is 0. The van der Waals surface area contributed by atoms with E-state index in [-0.39, 0.29) is 36.8 Å². The molecule has 0 unspecified atom stereocenters. The first kappa shape index (κ1) is 20.2. The molecule has 2 aliphatic rings. The molecule has 0 bridgehead atoms. The molecule has 7 heteroatoms. The minimum atomic E-state index is 0. The summed E-state index contributed by atoms with van der Waals surface area (Å²) in [6.45, 7) is 4.84. The van der Waals surface area contributed by atoms with Crippen molar-refractivity contribution >= 4 is 30.7 Å². The van der Waals surface area contributed by atoms with Crippen molar-refractivity contribution in [1.82, 2.24) is 9.80 Å². The molecule has 0 radical (unpaired) electrons. The zero-order valence-electron chi connectivity index (χ0n) is 13.1. The van der Waals surface area contributed by atoms with Gasteiger partial charge in [0.2, 0.25) is 5.91 Å². The molecule has 2 fully saturated rings. The van der Waals surface area contributed by atoms with Gasteiger partial charge in [-0.3, -0.25) is 9.69 Å². The minimum Gasteiger partial charge on any atom is -0.378 e. The van der Waals surface area contributed by atoms with E-state index in [1.807, 2.05) is 23.1 Å². The van der Waals surface area contributed by atoms with E-state index in [9.17, 15) is 4.79 Å². The number of carbonyl (C=O) groups is 1. The number of carbonyl (C=O) groups excluding carboxylic acids is 1. The van der Waals surface area contributed by atoms with E-state index in [2.05, 4.69) is 17.0 Å². The molecule has 2 N–H and O–H groups in total. The SMILES string of the molecule is Cl.Cl.N[C@H]1CN(CC(=O)N2CCOCC2)C[C@@H]1c1ccccc1. The maximum absolute atomic E-state index is 12.3. The number of nitrogens with two attached hydrogens (primary N) is 1. The Morgan fingerprint density at radius 3 is 2.43 bits per heavy atom. The van der Waals surface area contributed by atoms with Gasteiger partial charge in [0, 0.05) is 38.1 Å². The first-order chi connectivity index (χ1) is 10.2. The van der Waals surface area contributed by atoms with Crippen molar-refractivity contribution in [1.29, 1.82) is 0 Å². The molecule has 2 aliphatic heterocycles. The van der Waals surface area contributed by atoms with Crippen molar-refractivity contribution in [2.75, 3.05) is 45.9 Å². The van der Waals surface area contributed by atoms with E-state index in [1.54, 1.807) is 0 Å². The van der Waals surface area contributed by atoms with E-state index in [4.69, 9.17) is 10.5 Å². The molecule has 0 aliphatic carbocycles. The fraction of sp³-hybridized carbons (Fsp3) is 0.562. The summed E-state index contributed by atoms with van der Waals surface area (Å²) in [6, 6.07) is 10.5. The maximum atomic E-state index is 12.3. The highest BCUT2D eigenvalue weighted by Gasteiger charge is 2.32.